The predicted molar refractivity (Wildman–Crippen MR) is 56.0 cm³/mol. The molecule has 1 saturated carbocycles. The van der Waals surface area contributed by atoms with Gasteiger partial charge in [0.25, 0.3) is 0 Å². The number of Topliss-reactive ketones (excluding diaryl/α,β-unsaturated/α-hetero) is 1. The molecule has 0 aliphatic heterocycles. The second-order valence-corrected chi connectivity index (χ2v) is 5.02. The second-order valence-electron chi connectivity index (χ2n) is 5.02. The van der Waals surface area contributed by atoms with Crippen LogP contribution in [0.4, 0.5) is 0 Å². The smallest absolute Gasteiger partial charge is 0.143 e. The van der Waals surface area contributed by atoms with E-state index in [4.69, 9.17) is 0 Å². The van der Waals surface area contributed by atoms with Crippen molar-refractivity contribution in [2.75, 3.05) is 0 Å². The van der Waals surface area contributed by atoms with Crippen LogP contribution in [-0.4, -0.2) is 12.1 Å². The standard InChI is InChI=1S/C12H20O2/c1-4-12(2,3)10-5-6-11(14)9(7-10)8-13/h8-10H,4-7H2,1-3H3. The number of ketones is 1. The van der Waals surface area contributed by atoms with E-state index in [0.29, 0.717) is 12.3 Å². The minimum atomic E-state index is -0.320. The molecule has 0 heterocycles. The Kier molecular flexibility index (Phi) is 3.46. The summed E-state index contributed by atoms with van der Waals surface area (Å²) in [6, 6.07) is 0. The Morgan fingerprint density at radius 1 is 1.50 bits per heavy atom. The molecule has 0 N–H and O–H groups in total. The molecule has 1 fully saturated rings. The number of carbonyl (C=O) groups is 2. The summed E-state index contributed by atoms with van der Waals surface area (Å²) in [5.41, 5.74) is 0.266. The molecule has 2 heteroatoms. The average molecular weight is 196 g/mol. The third-order valence-electron chi connectivity index (χ3n) is 3.87. The van der Waals surface area contributed by atoms with Crippen molar-refractivity contribution in [3.05, 3.63) is 0 Å². The van der Waals surface area contributed by atoms with Gasteiger partial charge in [-0.1, -0.05) is 27.2 Å². The molecule has 0 saturated heterocycles. The van der Waals surface area contributed by atoms with E-state index in [0.717, 1.165) is 25.5 Å². The van der Waals surface area contributed by atoms with Gasteiger partial charge in [-0.3, -0.25) is 4.79 Å². The van der Waals surface area contributed by atoms with Crippen LogP contribution in [0.5, 0.6) is 0 Å². The van der Waals surface area contributed by atoms with Gasteiger partial charge in [0.2, 0.25) is 0 Å². The van der Waals surface area contributed by atoms with Gasteiger partial charge in [-0.2, -0.15) is 0 Å². The largest absolute Gasteiger partial charge is 0.303 e. The molecule has 0 amide bonds. The van der Waals surface area contributed by atoms with Crippen molar-refractivity contribution in [3.8, 4) is 0 Å². The predicted octanol–water partition coefficient (Wildman–Crippen LogP) is 2.61. The van der Waals surface area contributed by atoms with Crippen LogP contribution < -0.4 is 0 Å². The summed E-state index contributed by atoms with van der Waals surface area (Å²) in [7, 11) is 0. The Morgan fingerprint density at radius 3 is 2.64 bits per heavy atom. The summed E-state index contributed by atoms with van der Waals surface area (Å²) in [5, 5.41) is 0. The molecule has 1 aliphatic rings. The van der Waals surface area contributed by atoms with Gasteiger partial charge in [-0.05, 0) is 24.2 Å². The number of hydrogen-bond acceptors (Lipinski definition) is 2. The lowest BCUT2D eigenvalue weighted by atomic mass is 9.67. The first-order valence-corrected chi connectivity index (χ1v) is 5.49. The molecular weight excluding hydrogens is 176 g/mol. The van der Waals surface area contributed by atoms with Gasteiger partial charge in [0.15, 0.2) is 0 Å². The van der Waals surface area contributed by atoms with E-state index in [1.54, 1.807) is 0 Å². The summed E-state index contributed by atoms with van der Waals surface area (Å²) in [4.78, 5) is 22.1. The molecule has 80 valence electrons. The first kappa shape index (κ1) is 11.4. The molecule has 0 spiro atoms. The molecule has 1 rings (SSSR count). The molecule has 0 aromatic carbocycles. The van der Waals surface area contributed by atoms with Gasteiger partial charge in [-0.25, -0.2) is 0 Å². The number of carbonyl (C=O) groups excluding carboxylic acids is 2. The van der Waals surface area contributed by atoms with Gasteiger partial charge < -0.3 is 4.79 Å². The van der Waals surface area contributed by atoms with Gasteiger partial charge in [0.1, 0.15) is 12.1 Å². The van der Waals surface area contributed by atoms with Crippen molar-refractivity contribution in [2.45, 2.75) is 46.5 Å². The Bertz CT molecular complexity index is 230. The summed E-state index contributed by atoms with van der Waals surface area (Å²) < 4.78 is 0. The van der Waals surface area contributed by atoms with Gasteiger partial charge in [-0.15, -0.1) is 0 Å². The summed E-state index contributed by atoms with van der Waals surface area (Å²) in [5.74, 6) is 0.350. The van der Waals surface area contributed by atoms with Crippen LogP contribution in [0.2, 0.25) is 0 Å². The maximum absolute atomic E-state index is 11.4. The van der Waals surface area contributed by atoms with Crippen LogP contribution in [0.15, 0.2) is 0 Å². The molecule has 0 aromatic heterocycles. The van der Waals surface area contributed by atoms with Gasteiger partial charge in [0.05, 0.1) is 5.92 Å². The molecule has 2 atom stereocenters. The van der Waals surface area contributed by atoms with Crippen molar-refractivity contribution in [2.24, 2.45) is 17.3 Å². The van der Waals surface area contributed by atoms with E-state index in [2.05, 4.69) is 20.8 Å². The van der Waals surface area contributed by atoms with Crippen molar-refractivity contribution in [1.82, 2.24) is 0 Å². The molecule has 0 radical (unpaired) electrons. The molecule has 2 nitrogen and oxygen atoms in total. The first-order chi connectivity index (χ1) is 6.51. The van der Waals surface area contributed by atoms with E-state index in [9.17, 15) is 9.59 Å². The van der Waals surface area contributed by atoms with E-state index in [1.807, 2.05) is 0 Å². The maximum atomic E-state index is 11.4. The molecule has 14 heavy (non-hydrogen) atoms. The fraction of sp³-hybridized carbons (Fsp3) is 0.833. The van der Waals surface area contributed by atoms with Crippen molar-refractivity contribution in [1.29, 1.82) is 0 Å². The van der Waals surface area contributed by atoms with Crippen LogP contribution in [-0.2, 0) is 9.59 Å². The topological polar surface area (TPSA) is 34.1 Å². The minimum Gasteiger partial charge on any atom is -0.303 e. The maximum Gasteiger partial charge on any atom is 0.143 e. The minimum absolute atomic E-state index is 0.142. The van der Waals surface area contributed by atoms with E-state index >= 15 is 0 Å². The van der Waals surface area contributed by atoms with Crippen molar-refractivity contribution in [3.63, 3.8) is 0 Å². The molecule has 0 aromatic rings. The van der Waals surface area contributed by atoms with Crippen molar-refractivity contribution < 1.29 is 9.59 Å². The third-order valence-corrected chi connectivity index (χ3v) is 3.87. The van der Waals surface area contributed by atoms with Crippen molar-refractivity contribution >= 4 is 12.1 Å². The summed E-state index contributed by atoms with van der Waals surface area (Å²) >= 11 is 0. The van der Waals surface area contributed by atoms with Gasteiger partial charge in [0, 0.05) is 6.42 Å². The highest BCUT2D eigenvalue weighted by molar-refractivity contribution is 5.93. The zero-order valence-corrected chi connectivity index (χ0v) is 9.38. The summed E-state index contributed by atoms with van der Waals surface area (Å²) in [6.07, 6.45) is 4.27. The zero-order valence-electron chi connectivity index (χ0n) is 9.38. The van der Waals surface area contributed by atoms with Crippen LogP contribution in [0, 0.1) is 17.3 Å². The number of rotatable bonds is 3. The fourth-order valence-corrected chi connectivity index (χ4v) is 2.19. The Hall–Kier alpha value is -0.660. The van der Waals surface area contributed by atoms with E-state index in [1.165, 1.54) is 0 Å². The Morgan fingerprint density at radius 2 is 2.14 bits per heavy atom. The van der Waals surface area contributed by atoms with Crippen LogP contribution in [0.3, 0.4) is 0 Å². The molecule has 1 aliphatic carbocycles. The monoisotopic (exact) mass is 196 g/mol. The molecule has 2 unspecified atom stereocenters. The van der Waals surface area contributed by atoms with E-state index < -0.39 is 0 Å². The SMILES string of the molecule is CCC(C)(C)C1CCC(=O)C(C=O)C1. The molecule has 0 bridgehead atoms. The van der Waals surface area contributed by atoms with Crippen LogP contribution in [0.25, 0.3) is 0 Å². The molecular formula is C12H20O2. The lowest BCUT2D eigenvalue weighted by molar-refractivity contribution is -0.131. The van der Waals surface area contributed by atoms with Crippen LogP contribution in [0.1, 0.15) is 46.5 Å². The normalized spacial score (nSPS) is 28.9. The van der Waals surface area contributed by atoms with E-state index in [-0.39, 0.29) is 17.1 Å². The zero-order chi connectivity index (χ0) is 10.8. The highest BCUT2D eigenvalue weighted by Crippen LogP contribution is 2.40. The fourth-order valence-electron chi connectivity index (χ4n) is 2.19. The quantitative estimate of drug-likeness (QED) is 0.513. The third kappa shape index (κ3) is 2.23. The van der Waals surface area contributed by atoms with Crippen LogP contribution >= 0.6 is 0 Å². The Labute approximate surface area is 86.1 Å². The first-order valence-electron chi connectivity index (χ1n) is 5.49. The highest BCUT2D eigenvalue weighted by atomic mass is 16.1. The second kappa shape index (κ2) is 4.24. The summed E-state index contributed by atoms with van der Waals surface area (Å²) in [6.45, 7) is 6.64. The lowest BCUT2D eigenvalue weighted by Gasteiger charge is -2.37. The lowest BCUT2D eigenvalue weighted by Crippen LogP contribution is -2.33. The van der Waals surface area contributed by atoms with Gasteiger partial charge >= 0.3 is 0 Å². The number of aldehydes is 1. The average Bonchev–Trinajstić information content (AvgIpc) is 2.18. The Balaban J connectivity index is 2.67. The number of hydrogen-bond donors (Lipinski definition) is 0. The highest BCUT2D eigenvalue weighted by Gasteiger charge is 2.35.